The third kappa shape index (κ3) is 2.24. The summed E-state index contributed by atoms with van der Waals surface area (Å²) in [6, 6.07) is 2.08. The minimum atomic E-state index is 0.0115. The van der Waals surface area contributed by atoms with Crippen molar-refractivity contribution in [1.29, 1.82) is 0 Å². The third-order valence-electron chi connectivity index (χ3n) is 3.13. The van der Waals surface area contributed by atoms with E-state index in [-0.39, 0.29) is 5.41 Å². The molecule has 0 saturated carbocycles. The molecule has 0 bridgehead atoms. The molecule has 104 valence electrons. The molecule has 3 heterocycles. The van der Waals surface area contributed by atoms with E-state index >= 15 is 0 Å². The highest BCUT2D eigenvalue weighted by atomic mass is 15.3. The molecule has 1 N–H and O–H groups in total. The van der Waals surface area contributed by atoms with Crippen LogP contribution < -0.4 is 5.32 Å². The van der Waals surface area contributed by atoms with Gasteiger partial charge in [0.1, 0.15) is 5.52 Å². The van der Waals surface area contributed by atoms with Crippen LogP contribution in [0.1, 0.15) is 26.5 Å². The van der Waals surface area contributed by atoms with Gasteiger partial charge in [-0.15, -0.1) is 0 Å². The molecule has 3 aromatic heterocycles. The highest BCUT2D eigenvalue weighted by Gasteiger charge is 2.19. The lowest BCUT2D eigenvalue weighted by Crippen LogP contribution is -2.11. The van der Waals surface area contributed by atoms with Gasteiger partial charge < -0.3 is 5.32 Å². The second-order valence-electron chi connectivity index (χ2n) is 5.91. The summed E-state index contributed by atoms with van der Waals surface area (Å²) in [4.78, 5) is 4.40. The Bertz CT molecular complexity index is 746. The maximum atomic E-state index is 4.61. The molecule has 6 heteroatoms. The lowest BCUT2D eigenvalue weighted by Gasteiger charge is -2.13. The van der Waals surface area contributed by atoms with Crippen LogP contribution in [0.4, 0.5) is 11.5 Å². The summed E-state index contributed by atoms with van der Waals surface area (Å²) < 4.78 is 3.60. The lowest BCUT2D eigenvalue weighted by atomic mass is 9.92. The fourth-order valence-corrected chi connectivity index (χ4v) is 2.01. The number of hydrogen-bond acceptors (Lipinski definition) is 4. The molecule has 0 fully saturated rings. The fraction of sp³-hybridized carbons (Fsp3) is 0.357. The van der Waals surface area contributed by atoms with Gasteiger partial charge in [0.25, 0.3) is 0 Å². The van der Waals surface area contributed by atoms with Gasteiger partial charge in [0.15, 0.2) is 5.82 Å². The van der Waals surface area contributed by atoms with Crippen molar-refractivity contribution in [2.24, 2.45) is 7.05 Å². The number of rotatable bonds is 2. The zero-order valence-corrected chi connectivity index (χ0v) is 12.1. The average molecular weight is 270 g/mol. The minimum absolute atomic E-state index is 0.0115. The van der Waals surface area contributed by atoms with Crippen LogP contribution in [-0.4, -0.2) is 24.4 Å². The van der Waals surface area contributed by atoms with Crippen LogP contribution >= 0.6 is 0 Å². The lowest BCUT2D eigenvalue weighted by molar-refractivity contribution is 0.562. The first-order valence-corrected chi connectivity index (χ1v) is 6.54. The van der Waals surface area contributed by atoms with Crippen molar-refractivity contribution < 1.29 is 0 Å². The van der Waals surface area contributed by atoms with Crippen LogP contribution in [0.25, 0.3) is 5.52 Å². The molecule has 3 aromatic rings. The molecule has 3 rings (SSSR count). The number of nitrogens with zero attached hydrogens (tertiary/aromatic N) is 5. The molecule has 20 heavy (non-hydrogen) atoms. The smallest absolute Gasteiger partial charge is 0.156 e. The number of aryl methyl sites for hydroxylation is 1. The predicted molar refractivity (Wildman–Crippen MR) is 78.2 cm³/mol. The third-order valence-corrected chi connectivity index (χ3v) is 3.13. The largest absolute Gasteiger partial charge is 0.336 e. The molecular formula is C14H18N6. The normalized spacial score (nSPS) is 12.0. The Morgan fingerprint density at radius 3 is 2.70 bits per heavy atom. The van der Waals surface area contributed by atoms with Crippen molar-refractivity contribution in [3.63, 3.8) is 0 Å². The standard InChI is InChI=1S/C14H18N6/c1-14(2,3)12-7-11-13(15-5-6-20(11)18-12)17-10-8-16-19(4)9-10/h5-9H,1-4H3,(H,15,17). The van der Waals surface area contributed by atoms with Crippen LogP contribution in [0, 0.1) is 0 Å². The molecule has 0 atom stereocenters. The monoisotopic (exact) mass is 270 g/mol. The predicted octanol–water partition coefficient (Wildman–Crippen LogP) is 2.50. The van der Waals surface area contributed by atoms with Gasteiger partial charge in [-0.1, -0.05) is 20.8 Å². The number of fused-ring (bicyclic) bond motifs is 1. The maximum Gasteiger partial charge on any atom is 0.156 e. The molecule has 0 saturated heterocycles. The minimum Gasteiger partial charge on any atom is -0.336 e. The van der Waals surface area contributed by atoms with Crippen LogP contribution in [0.5, 0.6) is 0 Å². The molecule has 0 spiro atoms. The first-order valence-electron chi connectivity index (χ1n) is 6.54. The quantitative estimate of drug-likeness (QED) is 0.777. The number of anilines is 2. The van der Waals surface area contributed by atoms with Gasteiger partial charge in [-0.2, -0.15) is 10.2 Å². The summed E-state index contributed by atoms with van der Waals surface area (Å²) in [7, 11) is 1.88. The van der Waals surface area contributed by atoms with E-state index in [4.69, 9.17) is 0 Å². The molecule has 0 amide bonds. The Hall–Kier alpha value is -2.37. The Kier molecular flexibility index (Phi) is 2.74. The molecule has 0 aliphatic rings. The SMILES string of the molecule is Cn1cc(Nc2nccn3nc(C(C)(C)C)cc23)cn1. The van der Waals surface area contributed by atoms with Gasteiger partial charge in [-0.25, -0.2) is 9.50 Å². The number of aromatic nitrogens is 5. The van der Waals surface area contributed by atoms with Crippen molar-refractivity contribution in [2.45, 2.75) is 26.2 Å². The molecule has 0 radical (unpaired) electrons. The van der Waals surface area contributed by atoms with Gasteiger partial charge in [-0.05, 0) is 6.07 Å². The van der Waals surface area contributed by atoms with Crippen LogP contribution in [0.3, 0.4) is 0 Å². The fourth-order valence-electron chi connectivity index (χ4n) is 2.01. The second kappa shape index (κ2) is 4.33. The van der Waals surface area contributed by atoms with Crippen molar-refractivity contribution in [3.8, 4) is 0 Å². The van der Waals surface area contributed by atoms with E-state index in [9.17, 15) is 0 Å². The molecular weight excluding hydrogens is 252 g/mol. The van der Waals surface area contributed by atoms with Crippen LogP contribution in [-0.2, 0) is 12.5 Å². The highest BCUT2D eigenvalue weighted by Crippen LogP contribution is 2.25. The van der Waals surface area contributed by atoms with Gasteiger partial charge in [-0.3, -0.25) is 4.68 Å². The van der Waals surface area contributed by atoms with E-state index in [2.05, 4.69) is 47.3 Å². The van der Waals surface area contributed by atoms with E-state index in [0.717, 1.165) is 22.7 Å². The van der Waals surface area contributed by atoms with Crippen LogP contribution in [0.2, 0.25) is 0 Å². The summed E-state index contributed by atoms with van der Waals surface area (Å²) in [5.41, 5.74) is 2.92. The van der Waals surface area contributed by atoms with Crippen molar-refractivity contribution in [2.75, 3.05) is 5.32 Å². The number of nitrogens with one attached hydrogen (secondary N) is 1. The zero-order chi connectivity index (χ0) is 14.3. The average Bonchev–Trinajstić information content (AvgIpc) is 2.95. The summed E-state index contributed by atoms with van der Waals surface area (Å²) in [6.45, 7) is 6.45. The summed E-state index contributed by atoms with van der Waals surface area (Å²) >= 11 is 0. The van der Waals surface area contributed by atoms with Gasteiger partial charge in [0.2, 0.25) is 0 Å². The van der Waals surface area contributed by atoms with Gasteiger partial charge >= 0.3 is 0 Å². The molecule has 0 aliphatic carbocycles. The molecule has 0 unspecified atom stereocenters. The van der Waals surface area contributed by atoms with Crippen molar-refractivity contribution in [1.82, 2.24) is 24.4 Å². The Morgan fingerprint density at radius 2 is 2.05 bits per heavy atom. The first kappa shape index (κ1) is 12.7. The molecule has 0 aromatic carbocycles. The Balaban J connectivity index is 2.05. The summed E-state index contributed by atoms with van der Waals surface area (Å²) in [5.74, 6) is 0.781. The highest BCUT2D eigenvalue weighted by molar-refractivity contribution is 5.73. The van der Waals surface area contributed by atoms with Crippen LogP contribution in [0.15, 0.2) is 30.9 Å². The van der Waals surface area contributed by atoms with E-state index in [1.807, 2.05) is 24.0 Å². The first-order chi connectivity index (χ1) is 9.43. The van der Waals surface area contributed by atoms with E-state index < -0.39 is 0 Å². The van der Waals surface area contributed by atoms with E-state index in [1.54, 1.807) is 17.1 Å². The topological polar surface area (TPSA) is 60.0 Å². The summed E-state index contributed by atoms with van der Waals surface area (Å²) in [5, 5.41) is 12.0. The zero-order valence-electron chi connectivity index (χ0n) is 12.1. The Morgan fingerprint density at radius 1 is 1.25 bits per heavy atom. The van der Waals surface area contributed by atoms with Gasteiger partial charge in [0, 0.05) is 31.1 Å². The number of hydrogen-bond donors (Lipinski definition) is 1. The second-order valence-corrected chi connectivity index (χ2v) is 5.91. The molecule has 0 aliphatic heterocycles. The molecule has 6 nitrogen and oxygen atoms in total. The summed E-state index contributed by atoms with van der Waals surface area (Å²) in [6.07, 6.45) is 7.28. The van der Waals surface area contributed by atoms with Gasteiger partial charge in [0.05, 0.1) is 17.6 Å². The van der Waals surface area contributed by atoms with Crippen molar-refractivity contribution in [3.05, 3.63) is 36.5 Å². The van der Waals surface area contributed by atoms with E-state index in [1.165, 1.54) is 0 Å². The van der Waals surface area contributed by atoms with Crippen molar-refractivity contribution >= 4 is 17.0 Å². The Labute approximate surface area is 117 Å². The van der Waals surface area contributed by atoms with E-state index in [0.29, 0.717) is 0 Å². The maximum absolute atomic E-state index is 4.61.